The number of aromatic nitrogens is 2. The second-order valence-corrected chi connectivity index (χ2v) is 2.97. The van der Waals surface area contributed by atoms with E-state index >= 15 is 0 Å². The third kappa shape index (κ3) is 2.73. The van der Waals surface area contributed by atoms with Crippen LogP contribution in [0.3, 0.4) is 0 Å². The van der Waals surface area contributed by atoms with Gasteiger partial charge in [0, 0.05) is 5.69 Å². The highest BCUT2D eigenvalue weighted by Gasteiger charge is 2.35. The van der Waals surface area contributed by atoms with Crippen LogP contribution in [0.15, 0.2) is 6.33 Å². The van der Waals surface area contributed by atoms with Gasteiger partial charge in [0.25, 0.3) is 0 Å². The van der Waals surface area contributed by atoms with Crippen LogP contribution in [0, 0.1) is 0 Å². The number of aryl methyl sites for hydroxylation is 1. The van der Waals surface area contributed by atoms with Crippen LogP contribution in [0.2, 0.25) is 0 Å². The van der Waals surface area contributed by atoms with Gasteiger partial charge < -0.3 is 10.7 Å². The first-order chi connectivity index (χ1) is 6.55. The Bertz CT molecular complexity index is 280. The number of rotatable bonds is 4. The second kappa shape index (κ2) is 4.45. The summed E-state index contributed by atoms with van der Waals surface area (Å²) < 4.78 is 36.9. The van der Waals surface area contributed by atoms with Crippen molar-refractivity contribution in [3.63, 3.8) is 0 Å². The van der Waals surface area contributed by atoms with E-state index in [0.717, 1.165) is 12.7 Å². The molecule has 3 N–H and O–H groups in total. The Hall–Kier alpha value is -1.04. The summed E-state index contributed by atoms with van der Waals surface area (Å²) >= 11 is 0. The lowest BCUT2D eigenvalue weighted by molar-refractivity contribution is -0.141. The van der Waals surface area contributed by atoms with Crippen molar-refractivity contribution in [2.24, 2.45) is 5.73 Å². The summed E-state index contributed by atoms with van der Waals surface area (Å²) in [5.74, 6) is 0. The number of hydrogen-bond donors (Lipinski definition) is 2. The number of halogens is 3. The molecule has 0 radical (unpaired) electrons. The number of nitrogens with one attached hydrogen (secondary N) is 1. The van der Waals surface area contributed by atoms with Crippen molar-refractivity contribution >= 4 is 0 Å². The predicted octanol–water partition coefficient (Wildman–Crippen LogP) is 1.71. The van der Waals surface area contributed by atoms with Gasteiger partial charge in [-0.05, 0) is 25.8 Å². The van der Waals surface area contributed by atoms with E-state index in [2.05, 4.69) is 9.97 Å². The molecule has 0 saturated carbocycles. The molecule has 0 unspecified atom stereocenters. The van der Waals surface area contributed by atoms with E-state index in [1.165, 1.54) is 0 Å². The van der Waals surface area contributed by atoms with Crippen molar-refractivity contribution in [2.45, 2.75) is 25.4 Å². The Morgan fingerprint density at radius 2 is 2.07 bits per heavy atom. The summed E-state index contributed by atoms with van der Waals surface area (Å²) in [4.78, 5) is 5.75. The Morgan fingerprint density at radius 3 is 2.64 bits per heavy atom. The van der Waals surface area contributed by atoms with E-state index in [-0.39, 0.29) is 5.69 Å². The number of nitrogens with zero attached hydrogens (tertiary/aromatic N) is 1. The summed E-state index contributed by atoms with van der Waals surface area (Å²) in [6, 6.07) is 0. The molecule has 0 saturated heterocycles. The molecule has 0 spiro atoms. The number of alkyl halides is 3. The minimum absolute atomic E-state index is 0.144. The summed E-state index contributed by atoms with van der Waals surface area (Å²) in [6.45, 7) is 0.496. The monoisotopic (exact) mass is 207 g/mol. The number of H-pyrrole nitrogens is 1. The van der Waals surface area contributed by atoms with Crippen molar-refractivity contribution in [3.05, 3.63) is 17.7 Å². The molecule has 0 aliphatic carbocycles. The normalized spacial score (nSPS) is 12.0. The fraction of sp³-hybridized carbons (Fsp3) is 0.625. The molecule has 1 rings (SSSR count). The topological polar surface area (TPSA) is 54.7 Å². The minimum atomic E-state index is -4.36. The molecule has 1 aromatic heterocycles. The van der Waals surface area contributed by atoms with Crippen LogP contribution < -0.4 is 5.73 Å². The van der Waals surface area contributed by atoms with Crippen molar-refractivity contribution in [3.8, 4) is 0 Å². The van der Waals surface area contributed by atoms with Crippen LogP contribution in [0.1, 0.15) is 24.2 Å². The first kappa shape index (κ1) is 11.0. The lowest BCUT2D eigenvalue weighted by atomic mass is 10.1. The third-order valence-electron chi connectivity index (χ3n) is 1.87. The molecular weight excluding hydrogens is 195 g/mol. The summed E-state index contributed by atoms with van der Waals surface area (Å²) in [6.07, 6.45) is -1.59. The molecule has 3 nitrogen and oxygen atoms in total. The van der Waals surface area contributed by atoms with Gasteiger partial charge in [0.15, 0.2) is 5.69 Å². The van der Waals surface area contributed by atoms with E-state index in [1.54, 1.807) is 0 Å². The van der Waals surface area contributed by atoms with E-state index < -0.39 is 11.9 Å². The minimum Gasteiger partial charge on any atom is -0.348 e. The molecule has 0 amide bonds. The molecule has 0 bridgehead atoms. The van der Waals surface area contributed by atoms with Gasteiger partial charge in [-0.15, -0.1) is 0 Å². The van der Waals surface area contributed by atoms with Crippen LogP contribution in [-0.2, 0) is 12.6 Å². The van der Waals surface area contributed by atoms with Crippen molar-refractivity contribution < 1.29 is 13.2 Å². The molecule has 1 heterocycles. The number of imidazole rings is 1. The maximum atomic E-state index is 12.3. The number of unbranched alkanes of at least 4 members (excludes halogenated alkanes) is 1. The van der Waals surface area contributed by atoms with Crippen molar-refractivity contribution in [1.82, 2.24) is 9.97 Å². The summed E-state index contributed by atoms with van der Waals surface area (Å²) in [5.41, 5.74) is 4.58. The molecule has 0 atom stereocenters. The smallest absolute Gasteiger partial charge is 0.348 e. The molecule has 14 heavy (non-hydrogen) atoms. The molecule has 6 heteroatoms. The maximum absolute atomic E-state index is 12.3. The lowest BCUT2D eigenvalue weighted by Gasteiger charge is -2.05. The number of nitrogens with two attached hydrogens (primary N) is 1. The van der Waals surface area contributed by atoms with Gasteiger partial charge in [0.1, 0.15) is 0 Å². The Balaban J connectivity index is 2.63. The van der Waals surface area contributed by atoms with E-state index in [1.807, 2.05) is 0 Å². The highest BCUT2D eigenvalue weighted by molar-refractivity contribution is 5.14. The maximum Gasteiger partial charge on any atom is 0.435 e. The average molecular weight is 207 g/mol. The third-order valence-corrected chi connectivity index (χ3v) is 1.87. The van der Waals surface area contributed by atoms with E-state index in [9.17, 15) is 13.2 Å². The van der Waals surface area contributed by atoms with Gasteiger partial charge in [-0.2, -0.15) is 13.2 Å². The fourth-order valence-electron chi connectivity index (χ4n) is 1.20. The zero-order valence-corrected chi connectivity index (χ0v) is 7.56. The molecule has 80 valence electrons. The van der Waals surface area contributed by atoms with Crippen LogP contribution in [0.5, 0.6) is 0 Å². The zero-order chi connectivity index (χ0) is 10.6. The zero-order valence-electron chi connectivity index (χ0n) is 7.56. The van der Waals surface area contributed by atoms with Crippen LogP contribution in [-0.4, -0.2) is 16.5 Å². The summed E-state index contributed by atoms with van der Waals surface area (Å²) in [5, 5.41) is 0. The summed E-state index contributed by atoms with van der Waals surface area (Å²) in [7, 11) is 0. The SMILES string of the molecule is NCCCCc1[nH]cnc1C(F)(F)F. The molecule has 1 aromatic rings. The van der Waals surface area contributed by atoms with Gasteiger partial charge in [0.2, 0.25) is 0 Å². The molecule has 0 fully saturated rings. The van der Waals surface area contributed by atoms with E-state index in [0.29, 0.717) is 19.4 Å². The Kier molecular flexibility index (Phi) is 3.51. The molecule has 0 aliphatic heterocycles. The standard InChI is InChI=1S/C8H12F3N3/c9-8(10,11)7-6(13-5-14-7)3-1-2-4-12/h5H,1-4,12H2,(H,13,14). The first-order valence-electron chi connectivity index (χ1n) is 4.35. The Morgan fingerprint density at radius 1 is 1.36 bits per heavy atom. The van der Waals surface area contributed by atoms with Gasteiger partial charge in [-0.1, -0.05) is 0 Å². The van der Waals surface area contributed by atoms with E-state index in [4.69, 9.17) is 5.73 Å². The number of hydrogen-bond acceptors (Lipinski definition) is 2. The molecule has 0 aliphatic rings. The second-order valence-electron chi connectivity index (χ2n) is 2.97. The highest BCUT2D eigenvalue weighted by atomic mass is 19.4. The first-order valence-corrected chi connectivity index (χ1v) is 4.35. The lowest BCUT2D eigenvalue weighted by Crippen LogP contribution is -2.09. The number of aromatic amines is 1. The van der Waals surface area contributed by atoms with Crippen molar-refractivity contribution in [2.75, 3.05) is 6.54 Å². The predicted molar refractivity (Wildman–Crippen MR) is 45.6 cm³/mol. The van der Waals surface area contributed by atoms with Gasteiger partial charge >= 0.3 is 6.18 Å². The molecular formula is C8H12F3N3. The quantitative estimate of drug-likeness (QED) is 0.738. The van der Waals surface area contributed by atoms with Gasteiger partial charge in [0.05, 0.1) is 6.33 Å². The van der Waals surface area contributed by atoms with Gasteiger partial charge in [-0.3, -0.25) is 0 Å². The molecule has 0 aromatic carbocycles. The van der Waals surface area contributed by atoms with Crippen LogP contribution in [0.4, 0.5) is 13.2 Å². The largest absolute Gasteiger partial charge is 0.435 e. The Labute approximate surface area is 79.5 Å². The van der Waals surface area contributed by atoms with Gasteiger partial charge in [-0.25, -0.2) is 4.98 Å². The average Bonchev–Trinajstić information content (AvgIpc) is 2.52. The van der Waals surface area contributed by atoms with Crippen molar-refractivity contribution in [1.29, 1.82) is 0 Å². The fourth-order valence-corrected chi connectivity index (χ4v) is 1.20. The highest BCUT2D eigenvalue weighted by Crippen LogP contribution is 2.30. The van der Waals surface area contributed by atoms with Crippen LogP contribution in [0.25, 0.3) is 0 Å². The van der Waals surface area contributed by atoms with Crippen LogP contribution >= 0.6 is 0 Å².